The lowest BCUT2D eigenvalue weighted by Crippen LogP contribution is -2.43. The Balaban J connectivity index is 1.55. The molecule has 3 heterocycles. The zero-order chi connectivity index (χ0) is 32.5. The number of benzene rings is 3. The van der Waals surface area contributed by atoms with Crippen molar-refractivity contribution in [1.82, 2.24) is 14.0 Å². The Morgan fingerprint density at radius 2 is 1.78 bits per heavy atom. The number of methoxy groups -OCH3 is 2. The Labute approximate surface area is 276 Å². The van der Waals surface area contributed by atoms with Gasteiger partial charge in [0.1, 0.15) is 17.5 Å². The highest BCUT2D eigenvalue weighted by Gasteiger charge is 2.36. The van der Waals surface area contributed by atoms with Crippen molar-refractivity contribution in [2.75, 3.05) is 27.3 Å². The summed E-state index contributed by atoms with van der Waals surface area (Å²) < 4.78 is 15.7. The van der Waals surface area contributed by atoms with Crippen molar-refractivity contribution in [3.8, 4) is 11.5 Å². The van der Waals surface area contributed by atoms with Crippen LogP contribution in [0.2, 0.25) is 5.02 Å². The second-order valence-electron chi connectivity index (χ2n) is 11.0. The summed E-state index contributed by atoms with van der Waals surface area (Å²) in [5, 5.41) is 1.72. The van der Waals surface area contributed by atoms with Gasteiger partial charge in [-0.25, -0.2) is 4.99 Å². The van der Waals surface area contributed by atoms with Crippen molar-refractivity contribution in [2.24, 2.45) is 4.99 Å². The zero-order valence-corrected chi connectivity index (χ0v) is 28.0. The van der Waals surface area contributed by atoms with Gasteiger partial charge in [-0.1, -0.05) is 53.3 Å². The third-order valence-corrected chi connectivity index (χ3v) is 9.64. The maximum absolute atomic E-state index is 14.4. The van der Waals surface area contributed by atoms with Crippen LogP contribution >= 0.6 is 22.9 Å². The number of fused-ring (bicyclic) bond motifs is 2. The number of ether oxygens (including phenoxy) is 2. The van der Waals surface area contributed by atoms with Crippen LogP contribution in [0.4, 0.5) is 0 Å². The van der Waals surface area contributed by atoms with Crippen molar-refractivity contribution in [2.45, 2.75) is 33.4 Å². The first-order valence-corrected chi connectivity index (χ1v) is 16.3. The van der Waals surface area contributed by atoms with Crippen LogP contribution < -0.4 is 24.4 Å². The van der Waals surface area contributed by atoms with E-state index in [0.29, 0.717) is 62.3 Å². The molecule has 1 atom stereocenters. The van der Waals surface area contributed by atoms with Crippen molar-refractivity contribution < 1.29 is 14.3 Å². The van der Waals surface area contributed by atoms with Gasteiger partial charge in [-0.05, 0) is 68.8 Å². The number of aromatic nitrogens is 2. The smallest absolute Gasteiger partial charge is 0.271 e. The Bertz CT molecular complexity index is 2160. The molecule has 0 fully saturated rings. The van der Waals surface area contributed by atoms with Crippen molar-refractivity contribution in [1.29, 1.82) is 0 Å². The second-order valence-corrected chi connectivity index (χ2v) is 12.5. The Hall–Kier alpha value is -4.60. The molecule has 0 bridgehead atoms. The molecule has 1 aliphatic rings. The number of carbonyl (C=O) groups excluding carboxylic acids is 1. The highest BCUT2D eigenvalue weighted by Crippen LogP contribution is 2.38. The van der Waals surface area contributed by atoms with E-state index in [-0.39, 0.29) is 11.5 Å². The first-order chi connectivity index (χ1) is 22.3. The third kappa shape index (κ3) is 5.65. The monoisotopic (exact) mass is 654 g/mol. The Kier molecular flexibility index (Phi) is 8.88. The average Bonchev–Trinajstić information content (AvgIpc) is 3.57. The summed E-state index contributed by atoms with van der Waals surface area (Å²) in [4.78, 5) is 35.6. The number of amides is 1. The number of carbonyl (C=O) groups is 1. The quantitative estimate of drug-likeness (QED) is 0.202. The molecule has 5 aromatic rings. The van der Waals surface area contributed by atoms with Gasteiger partial charge in [-0.15, -0.1) is 0 Å². The van der Waals surface area contributed by atoms with Crippen molar-refractivity contribution in [3.05, 3.63) is 126 Å². The molecular formula is C36H35ClN4O4S. The van der Waals surface area contributed by atoms with Crippen LogP contribution in [0.1, 0.15) is 43.5 Å². The van der Waals surface area contributed by atoms with Crippen molar-refractivity contribution >= 4 is 45.8 Å². The standard InChI is InChI=1S/C36H35ClN4O4S/c1-6-39(7-2)35(43)32-22(3)38-36-41(33(32)28-19-26(44-4)16-17-30(28)45-5)34(42)31(46-36)18-24-21-40(29-11-9-8-10-27(24)29)20-23-12-14-25(37)15-13-23/h8-19,21,33H,6-7,20H2,1-5H3/b31-18+/t33-/m0/s1. The van der Waals surface area contributed by atoms with E-state index >= 15 is 0 Å². The van der Waals surface area contributed by atoms with Gasteiger partial charge in [-0.2, -0.15) is 0 Å². The summed E-state index contributed by atoms with van der Waals surface area (Å²) in [6.45, 7) is 7.42. The summed E-state index contributed by atoms with van der Waals surface area (Å²) in [5.41, 5.74) is 4.51. The van der Waals surface area contributed by atoms with Crippen LogP contribution in [0.5, 0.6) is 11.5 Å². The van der Waals surface area contributed by atoms with Gasteiger partial charge in [0.2, 0.25) is 0 Å². The van der Waals surface area contributed by atoms with E-state index in [1.807, 2.05) is 69.3 Å². The van der Waals surface area contributed by atoms with E-state index in [0.717, 1.165) is 22.0 Å². The lowest BCUT2D eigenvalue weighted by molar-refractivity contribution is -0.127. The maximum Gasteiger partial charge on any atom is 0.271 e. The summed E-state index contributed by atoms with van der Waals surface area (Å²) in [5.74, 6) is 0.974. The van der Waals surface area contributed by atoms with E-state index in [4.69, 9.17) is 26.1 Å². The number of hydrogen-bond acceptors (Lipinski definition) is 6. The van der Waals surface area contributed by atoms with Gasteiger partial charge >= 0.3 is 0 Å². The molecule has 1 amide bonds. The predicted octanol–water partition coefficient (Wildman–Crippen LogP) is 5.78. The van der Waals surface area contributed by atoms with Gasteiger partial charge in [0.05, 0.1) is 30.0 Å². The summed E-state index contributed by atoms with van der Waals surface area (Å²) in [6, 6.07) is 20.6. The summed E-state index contributed by atoms with van der Waals surface area (Å²) in [7, 11) is 3.17. The normalized spacial score (nSPS) is 14.7. The molecule has 46 heavy (non-hydrogen) atoms. The zero-order valence-electron chi connectivity index (χ0n) is 26.4. The van der Waals surface area contributed by atoms with Gasteiger partial charge in [0.25, 0.3) is 11.5 Å². The van der Waals surface area contributed by atoms with E-state index < -0.39 is 6.04 Å². The van der Waals surface area contributed by atoms with E-state index in [1.165, 1.54) is 11.3 Å². The third-order valence-electron chi connectivity index (χ3n) is 8.41. The van der Waals surface area contributed by atoms with Gasteiger partial charge < -0.3 is 18.9 Å². The molecular weight excluding hydrogens is 620 g/mol. The number of para-hydroxylation sites is 1. The van der Waals surface area contributed by atoms with Crippen LogP contribution in [0.15, 0.2) is 94.0 Å². The topological polar surface area (TPSA) is 78.1 Å². The minimum absolute atomic E-state index is 0.166. The first kappa shape index (κ1) is 31.4. The molecule has 0 saturated carbocycles. The van der Waals surface area contributed by atoms with Gasteiger partial charge in [-0.3, -0.25) is 14.2 Å². The number of hydrogen-bond donors (Lipinski definition) is 0. The fourth-order valence-corrected chi connectivity index (χ4v) is 7.24. The number of nitrogens with zero attached hydrogens (tertiary/aromatic N) is 4. The summed E-state index contributed by atoms with van der Waals surface area (Å²) in [6.07, 6.45) is 4.00. The van der Waals surface area contributed by atoms with E-state index in [1.54, 1.807) is 35.8 Å². The molecule has 0 aliphatic carbocycles. The minimum atomic E-state index is -0.761. The number of halogens is 1. The molecule has 1 aliphatic heterocycles. The highest BCUT2D eigenvalue weighted by molar-refractivity contribution is 7.07. The minimum Gasteiger partial charge on any atom is -0.497 e. The molecule has 6 rings (SSSR count). The molecule has 0 radical (unpaired) electrons. The Morgan fingerprint density at radius 1 is 1.04 bits per heavy atom. The number of likely N-dealkylation sites (N-methyl/N-ethyl adjacent to an activating group) is 1. The second kappa shape index (κ2) is 13.0. The predicted molar refractivity (Wildman–Crippen MR) is 184 cm³/mol. The molecule has 10 heteroatoms. The molecule has 3 aromatic carbocycles. The molecule has 0 N–H and O–H groups in total. The van der Waals surface area contributed by atoms with Crippen LogP contribution in [0, 0.1) is 0 Å². The SMILES string of the molecule is CCN(CC)C(=O)C1=C(C)N=c2s/c(=C/c3cn(Cc4ccc(Cl)cc4)c4ccccc34)c(=O)n2[C@H]1c1cc(OC)ccc1OC. The van der Waals surface area contributed by atoms with Gasteiger partial charge in [0.15, 0.2) is 4.80 Å². The fourth-order valence-electron chi connectivity index (χ4n) is 6.07. The molecule has 0 saturated heterocycles. The van der Waals surface area contributed by atoms with Crippen LogP contribution in [-0.4, -0.2) is 47.3 Å². The van der Waals surface area contributed by atoms with Crippen LogP contribution in [-0.2, 0) is 11.3 Å². The van der Waals surface area contributed by atoms with Crippen LogP contribution in [0.25, 0.3) is 17.0 Å². The largest absolute Gasteiger partial charge is 0.497 e. The average molecular weight is 655 g/mol. The molecule has 8 nitrogen and oxygen atoms in total. The van der Waals surface area contributed by atoms with E-state index in [2.05, 4.69) is 22.9 Å². The summed E-state index contributed by atoms with van der Waals surface area (Å²) >= 11 is 7.43. The molecule has 236 valence electrons. The maximum atomic E-state index is 14.4. The van der Waals surface area contributed by atoms with Crippen molar-refractivity contribution in [3.63, 3.8) is 0 Å². The number of rotatable bonds is 9. The molecule has 0 spiro atoms. The highest BCUT2D eigenvalue weighted by atomic mass is 35.5. The van der Waals surface area contributed by atoms with Gasteiger partial charge in [0, 0.05) is 52.9 Å². The lowest BCUT2D eigenvalue weighted by atomic mass is 9.93. The first-order valence-electron chi connectivity index (χ1n) is 15.1. The number of allylic oxidation sites excluding steroid dienone is 1. The molecule has 2 aromatic heterocycles. The lowest BCUT2D eigenvalue weighted by Gasteiger charge is -2.30. The Morgan fingerprint density at radius 3 is 2.48 bits per heavy atom. The van der Waals surface area contributed by atoms with Crippen LogP contribution in [0.3, 0.4) is 0 Å². The number of thiazole rings is 1. The van der Waals surface area contributed by atoms with E-state index in [9.17, 15) is 9.59 Å². The molecule has 0 unspecified atom stereocenters. The fraction of sp³-hybridized carbons (Fsp3) is 0.250.